The molecule has 1 N–H and O–H groups in total. The zero-order valence-corrected chi connectivity index (χ0v) is 14.7. The highest BCUT2D eigenvalue weighted by molar-refractivity contribution is 8.01. The minimum absolute atomic E-state index is 0.0186. The molecule has 1 aromatic heterocycles. The van der Waals surface area contributed by atoms with E-state index in [4.69, 9.17) is 0 Å². The van der Waals surface area contributed by atoms with E-state index in [1.165, 1.54) is 41.3 Å². The number of aromatic nitrogens is 2. The number of benzene rings is 2. The normalized spacial score (nSPS) is 11.9. The maximum Gasteiger partial charge on any atom is 0.269 e. The van der Waals surface area contributed by atoms with Crippen molar-refractivity contribution in [3.05, 3.63) is 70.0 Å². The van der Waals surface area contributed by atoms with Crippen LogP contribution in [-0.4, -0.2) is 15.1 Å². The Hall–Kier alpha value is -2.52. The summed E-state index contributed by atoms with van der Waals surface area (Å²) < 4.78 is 13.9. The molecule has 1 atom stereocenters. The van der Waals surface area contributed by atoms with E-state index in [0.29, 0.717) is 10.8 Å². The van der Waals surface area contributed by atoms with Crippen LogP contribution in [0.3, 0.4) is 0 Å². The summed E-state index contributed by atoms with van der Waals surface area (Å²) in [6.45, 7) is 1.95. The van der Waals surface area contributed by atoms with Crippen LogP contribution in [0.1, 0.15) is 17.7 Å². The zero-order valence-electron chi connectivity index (χ0n) is 13.0. The molecule has 0 radical (unpaired) electrons. The number of nitro benzene ring substituents is 1. The van der Waals surface area contributed by atoms with Crippen LogP contribution in [0, 0.1) is 15.9 Å². The molecule has 0 saturated heterocycles. The molecule has 0 aliphatic heterocycles. The van der Waals surface area contributed by atoms with Gasteiger partial charge in [-0.3, -0.25) is 10.1 Å². The van der Waals surface area contributed by atoms with E-state index >= 15 is 0 Å². The monoisotopic (exact) mass is 376 g/mol. The molecule has 0 amide bonds. The van der Waals surface area contributed by atoms with Crippen LogP contribution in [0.2, 0.25) is 0 Å². The second kappa shape index (κ2) is 7.58. The molecule has 0 aliphatic carbocycles. The molecule has 0 spiro atoms. The first-order valence-corrected chi connectivity index (χ1v) is 8.98. The van der Waals surface area contributed by atoms with Gasteiger partial charge in [-0.05, 0) is 30.7 Å². The van der Waals surface area contributed by atoms with Gasteiger partial charge >= 0.3 is 0 Å². The van der Waals surface area contributed by atoms with E-state index in [1.807, 2.05) is 13.0 Å². The third-order valence-corrected chi connectivity index (χ3v) is 5.39. The second-order valence-electron chi connectivity index (χ2n) is 5.12. The molecular weight excluding hydrogens is 363 g/mol. The van der Waals surface area contributed by atoms with Crippen LogP contribution in [0.5, 0.6) is 0 Å². The predicted molar refractivity (Wildman–Crippen MR) is 97.0 cm³/mol. The van der Waals surface area contributed by atoms with Gasteiger partial charge in [0.25, 0.3) is 5.69 Å². The third-order valence-electron chi connectivity index (χ3n) is 3.31. The summed E-state index contributed by atoms with van der Waals surface area (Å²) in [6.07, 6.45) is 0. The lowest BCUT2D eigenvalue weighted by atomic mass is 10.1. The minimum atomic E-state index is -0.410. The first-order valence-electron chi connectivity index (χ1n) is 7.28. The first-order chi connectivity index (χ1) is 12.0. The number of nitro groups is 1. The number of halogens is 1. The smallest absolute Gasteiger partial charge is 0.269 e. The highest BCUT2D eigenvalue weighted by Gasteiger charge is 2.15. The van der Waals surface area contributed by atoms with Gasteiger partial charge < -0.3 is 5.32 Å². The van der Waals surface area contributed by atoms with Crippen molar-refractivity contribution in [1.82, 2.24) is 10.2 Å². The average molecular weight is 376 g/mol. The fourth-order valence-electron chi connectivity index (χ4n) is 2.11. The number of anilines is 2. The first kappa shape index (κ1) is 17.3. The largest absolute Gasteiger partial charge is 0.330 e. The number of rotatable bonds is 6. The number of hydrogen-bond donors (Lipinski definition) is 1. The number of nitrogens with one attached hydrogen (secondary N) is 1. The molecular formula is C16H13FN4O2S2. The van der Waals surface area contributed by atoms with Crippen molar-refractivity contribution < 1.29 is 9.31 Å². The molecule has 0 saturated carbocycles. The Labute approximate surface area is 151 Å². The molecule has 0 aliphatic rings. The highest BCUT2D eigenvalue weighted by Crippen LogP contribution is 2.38. The van der Waals surface area contributed by atoms with Gasteiger partial charge in [-0.1, -0.05) is 41.3 Å². The van der Waals surface area contributed by atoms with Gasteiger partial charge in [0.1, 0.15) is 5.82 Å². The summed E-state index contributed by atoms with van der Waals surface area (Å²) >= 11 is 2.80. The van der Waals surface area contributed by atoms with E-state index in [9.17, 15) is 14.5 Å². The van der Waals surface area contributed by atoms with Crippen LogP contribution >= 0.6 is 23.1 Å². The molecule has 25 heavy (non-hydrogen) atoms. The molecule has 0 fully saturated rings. The van der Waals surface area contributed by atoms with Gasteiger partial charge in [0.15, 0.2) is 4.34 Å². The maximum absolute atomic E-state index is 13.2. The van der Waals surface area contributed by atoms with Crippen LogP contribution in [0.25, 0.3) is 0 Å². The molecule has 9 heteroatoms. The predicted octanol–water partition coefficient (Wildman–Crippen LogP) is 5.18. The Bertz CT molecular complexity index is 903. The number of thioether (sulfide) groups is 1. The SMILES string of the molecule is CC(Sc1nnc(Nc2cccc(F)c2)s1)c1cccc([N+](=O)[O-])c1. The third kappa shape index (κ3) is 4.52. The summed E-state index contributed by atoms with van der Waals surface area (Å²) in [5.41, 5.74) is 1.50. The summed E-state index contributed by atoms with van der Waals surface area (Å²) in [7, 11) is 0. The van der Waals surface area contributed by atoms with Crippen molar-refractivity contribution in [2.45, 2.75) is 16.5 Å². The van der Waals surface area contributed by atoms with E-state index in [0.717, 1.165) is 9.90 Å². The standard InChI is InChI=1S/C16H13FN4O2S2/c1-10(11-4-2-7-14(8-11)21(22)23)24-16-20-19-15(25-16)18-13-6-3-5-12(17)9-13/h2-10H,1H3,(H,18,19). The lowest BCUT2D eigenvalue weighted by Crippen LogP contribution is -1.92. The highest BCUT2D eigenvalue weighted by atomic mass is 32.2. The molecule has 3 aromatic rings. The quantitative estimate of drug-likeness (QED) is 0.363. The van der Waals surface area contributed by atoms with Crippen LogP contribution < -0.4 is 5.32 Å². The fourth-order valence-corrected chi connectivity index (χ4v) is 4.14. The van der Waals surface area contributed by atoms with Gasteiger partial charge in [-0.2, -0.15) is 0 Å². The Morgan fingerprint density at radius 2 is 2.04 bits per heavy atom. The van der Waals surface area contributed by atoms with Crippen LogP contribution in [0.15, 0.2) is 52.9 Å². The molecule has 6 nitrogen and oxygen atoms in total. The Morgan fingerprint density at radius 3 is 2.80 bits per heavy atom. The molecule has 0 bridgehead atoms. The van der Waals surface area contributed by atoms with E-state index in [1.54, 1.807) is 24.3 Å². The van der Waals surface area contributed by atoms with Crippen molar-refractivity contribution in [1.29, 1.82) is 0 Å². The molecule has 3 rings (SSSR count). The summed E-state index contributed by atoms with van der Waals surface area (Å²) in [6, 6.07) is 12.6. The van der Waals surface area contributed by atoms with Crippen molar-refractivity contribution in [3.8, 4) is 0 Å². The van der Waals surface area contributed by atoms with Crippen molar-refractivity contribution in [2.75, 3.05) is 5.32 Å². The summed E-state index contributed by atoms with van der Waals surface area (Å²) in [5.74, 6) is -0.330. The van der Waals surface area contributed by atoms with Gasteiger partial charge in [-0.15, -0.1) is 10.2 Å². The fraction of sp³-hybridized carbons (Fsp3) is 0.125. The summed E-state index contributed by atoms with van der Waals surface area (Å²) in [5, 5.41) is 22.6. The Morgan fingerprint density at radius 1 is 1.24 bits per heavy atom. The lowest BCUT2D eigenvalue weighted by molar-refractivity contribution is -0.384. The van der Waals surface area contributed by atoms with Crippen LogP contribution in [0.4, 0.5) is 20.9 Å². The molecule has 128 valence electrons. The van der Waals surface area contributed by atoms with E-state index in [-0.39, 0.29) is 16.8 Å². The van der Waals surface area contributed by atoms with Crippen molar-refractivity contribution in [3.63, 3.8) is 0 Å². The van der Waals surface area contributed by atoms with Gasteiger partial charge in [-0.25, -0.2) is 4.39 Å². The van der Waals surface area contributed by atoms with Crippen molar-refractivity contribution >= 4 is 39.6 Å². The topological polar surface area (TPSA) is 81.0 Å². The second-order valence-corrected chi connectivity index (χ2v) is 7.69. The lowest BCUT2D eigenvalue weighted by Gasteiger charge is -2.08. The molecule has 1 heterocycles. The Kier molecular flexibility index (Phi) is 5.25. The summed E-state index contributed by atoms with van der Waals surface area (Å²) in [4.78, 5) is 10.5. The van der Waals surface area contributed by atoms with Gasteiger partial charge in [0.05, 0.1) is 4.92 Å². The van der Waals surface area contributed by atoms with E-state index < -0.39 is 4.92 Å². The number of non-ortho nitro benzene ring substituents is 1. The zero-order chi connectivity index (χ0) is 17.8. The van der Waals surface area contributed by atoms with Gasteiger partial charge in [0, 0.05) is 23.1 Å². The van der Waals surface area contributed by atoms with Crippen LogP contribution in [-0.2, 0) is 0 Å². The minimum Gasteiger partial charge on any atom is -0.330 e. The Balaban J connectivity index is 1.68. The maximum atomic E-state index is 13.2. The van der Waals surface area contributed by atoms with E-state index in [2.05, 4.69) is 15.5 Å². The number of nitrogens with zero attached hydrogens (tertiary/aromatic N) is 3. The van der Waals surface area contributed by atoms with Crippen molar-refractivity contribution in [2.24, 2.45) is 0 Å². The molecule has 1 unspecified atom stereocenters. The number of hydrogen-bond acceptors (Lipinski definition) is 7. The average Bonchev–Trinajstić information content (AvgIpc) is 3.02. The molecule has 2 aromatic carbocycles. The van der Waals surface area contributed by atoms with Gasteiger partial charge in [0.2, 0.25) is 5.13 Å².